The predicted molar refractivity (Wildman–Crippen MR) is 94.1 cm³/mol. The fraction of sp³-hybridized carbons (Fsp3) is 0.765. The van der Waals surface area contributed by atoms with Gasteiger partial charge < -0.3 is 19.9 Å². The molecule has 9 nitrogen and oxygen atoms in total. The number of carbonyl (C=O) groups excluding carboxylic acids is 2. The van der Waals surface area contributed by atoms with Crippen LogP contribution in [0.5, 0.6) is 0 Å². The van der Waals surface area contributed by atoms with Gasteiger partial charge in [-0.1, -0.05) is 12.1 Å². The molecule has 1 fully saturated rings. The lowest BCUT2D eigenvalue weighted by atomic mass is 10.1. The highest BCUT2D eigenvalue weighted by atomic mass is 16.6. The van der Waals surface area contributed by atoms with Crippen LogP contribution in [0.4, 0.5) is 4.79 Å². The summed E-state index contributed by atoms with van der Waals surface area (Å²) in [6, 6.07) is 0.163. The third kappa shape index (κ3) is 6.99. The van der Waals surface area contributed by atoms with Crippen molar-refractivity contribution >= 4 is 12.0 Å². The molecule has 26 heavy (non-hydrogen) atoms. The Hall–Kier alpha value is -2.16. The standard InChI is InChI=1S/C17H29N5O4/c1-5-14(23)19-12-7-6-8-22(10-12)11-13-20-15(26-21-13)9-18-16(24)25-17(2,3)4/h12H,5-11H2,1-4H3,(H,18,24)(H,19,23)/t12-/m1/s1. The maximum Gasteiger partial charge on any atom is 0.408 e. The number of ether oxygens (including phenoxy) is 1. The number of nitrogens with one attached hydrogen (secondary N) is 2. The molecule has 2 N–H and O–H groups in total. The van der Waals surface area contributed by atoms with Gasteiger partial charge in [-0.2, -0.15) is 4.98 Å². The number of alkyl carbamates (subject to hydrolysis) is 1. The minimum absolute atomic E-state index is 0.0758. The Kier molecular flexibility index (Phi) is 6.96. The van der Waals surface area contributed by atoms with Crippen molar-refractivity contribution in [3.8, 4) is 0 Å². The minimum atomic E-state index is -0.553. The summed E-state index contributed by atoms with van der Waals surface area (Å²) in [5, 5.41) is 9.58. The molecular weight excluding hydrogens is 338 g/mol. The SMILES string of the molecule is CCC(=O)N[C@@H]1CCCN(Cc2noc(CNC(=O)OC(C)(C)C)n2)C1. The van der Waals surface area contributed by atoms with Crippen molar-refractivity contribution in [3.63, 3.8) is 0 Å². The van der Waals surface area contributed by atoms with Crippen molar-refractivity contribution in [3.05, 3.63) is 11.7 Å². The monoisotopic (exact) mass is 367 g/mol. The van der Waals surface area contributed by atoms with Gasteiger partial charge >= 0.3 is 6.09 Å². The highest BCUT2D eigenvalue weighted by Crippen LogP contribution is 2.13. The van der Waals surface area contributed by atoms with Gasteiger partial charge in [-0.3, -0.25) is 9.69 Å². The molecule has 2 rings (SSSR count). The number of rotatable bonds is 6. The number of likely N-dealkylation sites (tertiary alicyclic amines) is 1. The zero-order chi connectivity index (χ0) is 19.2. The van der Waals surface area contributed by atoms with Crippen LogP contribution in [0, 0.1) is 0 Å². The van der Waals surface area contributed by atoms with Crippen LogP contribution in [0.25, 0.3) is 0 Å². The average Bonchev–Trinajstić information content (AvgIpc) is 2.99. The molecule has 2 heterocycles. The normalized spacial score (nSPS) is 18.4. The summed E-state index contributed by atoms with van der Waals surface area (Å²) < 4.78 is 10.3. The summed E-state index contributed by atoms with van der Waals surface area (Å²) >= 11 is 0. The van der Waals surface area contributed by atoms with Crippen molar-refractivity contribution in [1.29, 1.82) is 0 Å². The maximum atomic E-state index is 11.6. The van der Waals surface area contributed by atoms with E-state index in [0.717, 1.165) is 25.9 Å². The Bertz CT molecular complexity index is 611. The average molecular weight is 367 g/mol. The summed E-state index contributed by atoms with van der Waals surface area (Å²) in [4.78, 5) is 29.7. The van der Waals surface area contributed by atoms with E-state index in [1.807, 2.05) is 6.92 Å². The second-order valence-corrected chi connectivity index (χ2v) is 7.46. The molecule has 1 aromatic rings. The van der Waals surface area contributed by atoms with Crippen LogP contribution < -0.4 is 10.6 Å². The summed E-state index contributed by atoms with van der Waals surface area (Å²) in [6.45, 7) is 9.61. The van der Waals surface area contributed by atoms with E-state index in [9.17, 15) is 9.59 Å². The first-order valence-electron chi connectivity index (χ1n) is 9.05. The van der Waals surface area contributed by atoms with Gasteiger partial charge in [0.15, 0.2) is 5.82 Å². The van der Waals surface area contributed by atoms with Gasteiger partial charge in [-0.15, -0.1) is 0 Å². The largest absolute Gasteiger partial charge is 0.444 e. The van der Waals surface area contributed by atoms with Gasteiger partial charge in [0.1, 0.15) is 12.1 Å². The molecule has 1 aliphatic rings. The van der Waals surface area contributed by atoms with E-state index in [2.05, 4.69) is 25.7 Å². The zero-order valence-corrected chi connectivity index (χ0v) is 16.0. The highest BCUT2D eigenvalue weighted by Gasteiger charge is 2.22. The van der Waals surface area contributed by atoms with E-state index < -0.39 is 11.7 Å². The Morgan fingerprint density at radius 3 is 2.85 bits per heavy atom. The van der Waals surface area contributed by atoms with Crippen LogP contribution in [-0.4, -0.2) is 51.8 Å². The molecule has 0 saturated carbocycles. The van der Waals surface area contributed by atoms with Crippen LogP contribution in [-0.2, 0) is 22.6 Å². The van der Waals surface area contributed by atoms with Crippen LogP contribution in [0.1, 0.15) is 58.7 Å². The molecule has 146 valence electrons. The van der Waals surface area contributed by atoms with Crippen LogP contribution in [0.2, 0.25) is 0 Å². The van der Waals surface area contributed by atoms with E-state index in [4.69, 9.17) is 9.26 Å². The summed E-state index contributed by atoms with van der Waals surface area (Å²) in [7, 11) is 0. The number of piperidine rings is 1. The van der Waals surface area contributed by atoms with Gasteiger partial charge in [-0.05, 0) is 40.2 Å². The zero-order valence-electron chi connectivity index (χ0n) is 16.0. The van der Waals surface area contributed by atoms with Crippen LogP contribution in [0.3, 0.4) is 0 Å². The number of amides is 2. The van der Waals surface area contributed by atoms with E-state index in [-0.39, 0.29) is 18.5 Å². The molecule has 1 saturated heterocycles. The molecule has 2 amide bonds. The number of hydrogen-bond acceptors (Lipinski definition) is 7. The molecule has 0 bridgehead atoms. The van der Waals surface area contributed by atoms with Crippen LogP contribution in [0.15, 0.2) is 4.52 Å². The van der Waals surface area contributed by atoms with E-state index >= 15 is 0 Å². The van der Waals surface area contributed by atoms with Gasteiger partial charge in [0.05, 0.1) is 6.54 Å². The van der Waals surface area contributed by atoms with Crippen LogP contribution >= 0.6 is 0 Å². The van der Waals surface area contributed by atoms with Crippen molar-refractivity contribution in [2.75, 3.05) is 13.1 Å². The Labute approximate surface area is 153 Å². The first kappa shape index (κ1) is 20.2. The quantitative estimate of drug-likeness (QED) is 0.785. The molecule has 0 radical (unpaired) electrons. The van der Waals surface area contributed by atoms with E-state index in [1.54, 1.807) is 20.8 Å². The fourth-order valence-electron chi connectivity index (χ4n) is 2.73. The molecule has 1 aliphatic heterocycles. The Morgan fingerprint density at radius 1 is 1.38 bits per heavy atom. The van der Waals surface area contributed by atoms with E-state index in [1.165, 1.54) is 0 Å². The molecule has 0 aromatic carbocycles. The summed E-state index contributed by atoms with van der Waals surface area (Å²) in [5.41, 5.74) is -0.553. The van der Waals surface area contributed by atoms with Crippen molar-refractivity contribution in [2.24, 2.45) is 0 Å². The summed E-state index contributed by atoms with van der Waals surface area (Å²) in [5.74, 6) is 0.971. The lowest BCUT2D eigenvalue weighted by Gasteiger charge is -2.32. The lowest BCUT2D eigenvalue weighted by molar-refractivity contribution is -0.121. The number of carbonyl (C=O) groups is 2. The molecule has 0 spiro atoms. The van der Waals surface area contributed by atoms with Crippen molar-refractivity contribution in [2.45, 2.75) is 71.7 Å². The molecule has 0 unspecified atom stereocenters. The maximum absolute atomic E-state index is 11.6. The number of aromatic nitrogens is 2. The van der Waals surface area contributed by atoms with Gasteiger partial charge in [0.25, 0.3) is 0 Å². The lowest BCUT2D eigenvalue weighted by Crippen LogP contribution is -2.47. The number of nitrogens with zero attached hydrogens (tertiary/aromatic N) is 3. The third-order valence-electron chi connectivity index (χ3n) is 3.85. The van der Waals surface area contributed by atoms with Gasteiger partial charge in [0.2, 0.25) is 11.8 Å². The first-order chi connectivity index (χ1) is 12.2. The van der Waals surface area contributed by atoms with Gasteiger partial charge in [-0.25, -0.2) is 4.79 Å². The second-order valence-electron chi connectivity index (χ2n) is 7.46. The minimum Gasteiger partial charge on any atom is -0.444 e. The molecular formula is C17H29N5O4. The smallest absolute Gasteiger partial charge is 0.408 e. The van der Waals surface area contributed by atoms with E-state index in [0.29, 0.717) is 24.7 Å². The second kappa shape index (κ2) is 8.98. The Balaban J connectivity index is 1.78. The molecule has 9 heteroatoms. The van der Waals surface area contributed by atoms with Crippen molar-refractivity contribution in [1.82, 2.24) is 25.7 Å². The van der Waals surface area contributed by atoms with Gasteiger partial charge in [0, 0.05) is 19.0 Å². The first-order valence-corrected chi connectivity index (χ1v) is 9.05. The molecule has 1 aromatic heterocycles. The molecule has 1 atom stereocenters. The van der Waals surface area contributed by atoms with Crippen molar-refractivity contribution < 1.29 is 18.8 Å². The predicted octanol–water partition coefficient (Wildman–Crippen LogP) is 1.58. The Morgan fingerprint density at radius 2 is 2.15 bits per heavy atom. The topological polar surface area (TPSA) is 110 Å². The fourth-order valence-corrected chi connectivity index (χ4v) is 2.73. The molecule has 0 aliphatic carbocycles. The highest BCUT2D eigenvalue weighted by molar-refractivity contribution is 5.75. The number of hydrogen-bond donors (Lipinski definition) is 2. The summed E-state index contributed by atoms with van der Waals surface area (Å²) in [6.07, 6.45) is 1.97. The third-order valence-corrected chi connectivity index (χ3v) is 3.85.